The number of fused-ring (bicyclic) bond motifs is 3. The Morgan fingerprint density at radius 3 is 2.14 bits per heavy atom. The molecule has 0 spiro atoms. The second kappa shape index (κ2) is 10.6. The average Bonchev–Trinajstić information content (AvgIpc) is 3.08. The van der Waals surface area contributed by atoms with Gasteiger partial charge in [0.25, 0.3) is 0 Å². The van der Waals surface area contributed by atoms with Gasteiger partial charge in [-0.25, -0.2) is 4.98 Å². The van der Waals surface area contributed by atoms with Crippen molar-refractivity contribution in [3.05, 3.63) is 172 Å². The van der Waals surface area contributed by atoms with Crippen LogP contribution in [0.4, 0.5) is 0 Å². The van der Waals surface area contributed by atoms with Crippen LogP contribution in [0.3, 0.4) is 0 Å². The zero-order valence-electron chi connectivity index (χ0n) is 24.2. The number of rotatable bonds is 4. The van der Waals surface area contributed by atoms with Gasteiger partial charge in [0.05, 0.1) is 11.4 Å². The molecule has 2 nitrogen and oxygen atoms in total. The van der Waals surface area contributed by atoms with Crippen LogP contribution >= 0.6 is 0 Å². The largest absolute Gasteiger partial charge is 0.265 e. The Balaban J connectivity index is 1.34. The van der Waals surface area contributed by atoms with Crippen molar-refractivity contribution >= 4 is 17.2 Å². The molecular weight excluding hydrogens is 520 g/mol. The average molecular weight is 553 g/mol. The summed E-state index contributed by atoms with van der Waals surface area (Å²) >= 11 is 0. The minimum atomic E-state index is 0.262. The molecule has 0 fully saturated rings. The molecule has 3 aromatic carbocycles. The van der Waals surface area contributed by atoms with E-state index in [-0.39, 0.29) is 5.92 Å². The summed E-state index contributed by atoms with van der Waals surface area (Å²) < 4.78 is 0. The molecule has 2 unspecified atom stereocenters. The molecule has 43 heavy (non-hydrogen) atoms. The topological polar surface area (TPSA) is 25.8 Å². The van der Waals surface area contributed by atoms with Crippen LogP contribution in [0.15, 0.2) is 139 Å². The smallest absolute Gasteiger partial charge is 0.0710 e. The molecule has 2 atom stereocenters. The third-order valence-electron chi connectivity index (χ3n) is 9.25. The summed E-state index contributed by atoms with van der Waals surface area (Å²) in [7, 11) is 0. The van der Waals surface area contributed by atoms with Gasteiger partial charge in [0, 0.05) is 35.4 Å². The standard InChI is InChI=1S/C41H32N2/c1-27-17-18-31(39-16-8-15-38(43-39)29-21-23-42-24-22-29)26-37(27)41-35-13-6-4-11-33(35)40(34-12-5-7-14-36(34)41)32-20-19-28-9-2-3-10-30(28)25-32/h2-18,21-26,33,35H,19-20H2,1H3. The molecule has 0 aliphatic heterocycles. The quantitative estimate of drug-likeness (QED) is 0.227. The van der Waals surface area contributed by atoms with Crippen LogP contribution in [0.5, 0.6) is 0 Å². The minimum absolute atomic E-state index is 0.262. The van der Waals surface area contributed by atoms with Crippen molar-refractivity contribution < 1.29 is 0 Å². The van der Waals surface area contributed by atoms with Crippen molar-refractivity contribution in [1.29, 1.82) is 0 Å². The Morgan fingerprint density at radius 1 is 0.628 bits per heavy atom. The van der Waals surface area contributed by atoms with Crippen LogP contribution in [0.1, 0.15) is 28.7 Å². The lowest BCUT2D eigenvalue weighted by molar-refractivity contribution is 0.679. The molecule has 0 amide bonds. The summed E-state index contributed by atoms with van der Waals surface area (Å²) in [6.45, 7) is 2.24. The molecule has 0 N–H and O–H groups in total. The predicted molar refractivity (Wildman–Crippen MR) is 177 cm³/mol. The van der Waals surface area contributed by atoms with E-state index in [4.69, 9.17) is 4.98 Å². The number of hydrogen-bond donors (Lipinski definition) is 0. The van der Waals surface area contributed by atoms with Crippen LogP contribution < -0.4 is 10.4 Å². The normalized spacial score (nSPS) is 18.5. The van der Waals surface area contributed by atoms with Crippen LogP contribution in [-0.2, 0) is 6.42 Å². The van der Waals surface area contributed by atoms with E-state index in [1.165, 1.54) is 49.4 Å². The molecule has 2 aromatic heterocycles. The second-order valence-corrected chi connectivity index (χ2v) is 11.7. The lowest BCUT2D eigenvalue weighted by Crippen LogP contribution is -2.40. The Bertz CT molecular complexity index is 2100. The number of nitrogens with zero attached hydrogens (tertiary/aromatic N) is 2. The van der Waals surface area contributed by atoms with Gasteiger partial charge in [-0.1, -0.05) is 97.1 Å². The summed E-state index contributed by atoms with van der Waals surface area (Å²) in [5.41, 5.74) is 13.9. The molecular formula is C41H32N2. The number of hydrogen-bond acceptors (Lipinski definition) is 2. The highest BCUT2D eigenvalue weighted by Gasteiger charge is 2.33. The first kappa shape index (κ1) is 25.6. The van der Waals surface area contributed by atoms with Gasteiger partial charge < -0.3 is 0 Å². The van der Waals surface area contributed by atoms with E-state index < -0.39 is 0 Å². The maximum Gasteiger partial charge on any atom is 0.0710 e. The maximum absolute atomic E-state index is 5.07. The molecule has 0 saturated heterocycles. The lowest BCUT2D eigenvalue weighted by Gasteiger charge is -2.35. The van der Waals surface area contributed by atoms with Gasteiger partial charge in [-0.05, 0) is 99.5 Å². The highest BCUT2D eigenvalue weighted by molar-refractivity contribution is 5.86. The fourth-order valence-electron chi connectivity index (χ4n) is 7.18. The van der Waals surface area contributed by atoms with Crippen LogP contribution in [0.25, 0.3) is 39.7 Å². The fraction of sp³-hybridized carbons (Fsp3) is 0.122. The highest BCUT2D eigenvalue weighted by atomic mass is 14.7. The van der Waals surface area contributed by atoms with Crippen LogP contribution in [-0.4, -0.2) is 9.97 Å². The molecule has 2 heteroatoms. The third-order valence-corrected chi connectivity index (χ3v) is 9.25. The Labute approximate surface area is 252 Å². The SMILES string of the molecule is Cc1ccc(-c2cccc(-c3ccncc3)n2)cc1C1=c2ccccc2=C(C2=Cc3ccccc3CC2)C2C=CC=CC12. The molecule has 5 aromatic rings. The van der Waals surface area contributed by atoms with Crippen molar-refractivity contribution in [2.45, 2.75) is 19.8 Å². The van der Waals surface area contributed by atoms with E-state index in [1.54, 1.807) is 0 Å². The molecule has 3 aliphatic carbocycles. The van der Waals surface area contributed by atoms with E-state index >= 15 is 0 Å². The van der Waals surface area contributed by atoms with Crippen LogP contribution in [0, 0.1) is 18.8 Å². The highest BCUT2D eigenvalue weighted by Crippen LogP contribution is 2.43. The Morgan fingerprint density at radius 2 is 1.33 bits per heavy atom. The summed E-state index contributed by atoms with van der Waals surface area (Å²) in [5.74, 6) is 0.556. The zero-order valence-corrected chi connectivity index (χ0v) is 24.2. The van der Waals surface area contributed by atoms with Gasteiger partial charge in [0.15, 0.2) is 0 Å². The van der Waals surface area contributed by atoms with Gasteiger partial charge in [-0.15, -0.1) is 0 Å². The zero-order chi connectivity index (χ0) is 28.8. The van der Waals surface area contributed by atoms with E-state index in [9.17, 15) is 0 Å². The summed E-state index contributed by atoms with van der Waals surface area (Å²) in [5, 5.41) is 2.71. The minimum Gasteiger partial charge on any atom is -0.265 e. The molecule has 0 saturated carbocycles. The third kappa shape index (κ3) is 4.51. The lowest BCUT2D eigenvalue weighted by atomic mass is 9.68. The number of benzene rings is 3. The van der Waals surface area contributed by atoms with Crippen molar-refractivity contribution in [1.82, 2.24) is 9.97 Å². The Kier molecular flexibility index (Phi) is 6.34. The number of allylic oxidation sites excluding steroid dienone is 5. The summed E-state index contributed by atoms with van der Waals surface area (Å²) in [6, 6.07) is 35.1. The maximum atomic E-state index is 5.07. The van der Waals surface area contributed by atoms with Crippen molar-refractivity contribution in [3.63, 3.8) is 0 Å². The van der Waals surface area contributed by atoms with Crippen molar-refractivity contribution in [2.75, 3.05) is 0 Å². The van der Waals surface area contributed by atoms with Gasteiger partial charge >= 0.3 is 0 Å². The van der Waals surface area contributed by atoms with Gasteiger partial charge in [0.2, 0.25) is 0 Å². The van der Waals surface area contributed by atoms with E-state index in [0.29, 0.717) is 5.92 Å². The first-order valence-electron chi connectivity index (χ1n) is 15.2. The molecule has 0 radical (unpaired) electrons. The predicted octanol–water partition coefficient (Wildman–Crippen LogP) is 7.87. The molecule has 3 aliphatic rings. The molecule has 0 bridgehead atoms. The van der Waals surface area contributed by atoms with E-state index in [0.717, 1.165) is 35.4 Å². The fourth-order valence-corrected chi connectivity index (χ4v) is 7.18. The molecule has 206 valence electrons. The number of aryl methyl sites for hydroxylation is 2. The second-order valence-electron chi connectivity index (χ2n) is 11.7. The van der Waals surface area contributed by atoms with Gasteiger partial charge in [-0.3, -0.25) is 4.98 Å². The summed E-state index contributed by atoms with van der Waals surface area (Å²) in [4.78, 5) is 9.25. The van der Waals surface area contributed by atoms with Gasteiger partial charge in [0.1, 0.15) is 0 Å². The van der Waals surface area contributed by atoms with E-state index in [2.05, 4.69) is 127 Å². The first-order valence-corrected chi connectivity index (χ1v) is 15.2. The van der Waals surface area contributed by atoms with Gasteiger partial charge in [-0.2, -0.15) is 0 Å². The molecule has 8 rings (SSSR count). The van der Waals surface area contributed by atoms with Crippen molar-refractivity contribution in [3.8, 4) is 22.5 Å². The first-order chi connectivity index (χ1) is 21.2. The monoisotopic (exact) mass is 552 g/mol. The summed E-state index contributed by atoms with van der Waals surface area (Å²) in [6.07, 6.45) is 17.6. The van der Waals surface area contributed by atoms with Crippen LogP contribution in [0.2, 0.25) is 0 Å². The Hall–Kier alpha value is -5.08. The van der Waals surface area contributed by atoms with E-state index in [1.807, 2.05) is 24.5 Å². The molecule has 2 heterocycles. The number of pyridine rings is 2. The number of aromatic nitrogens is 2. The van der Waals surface area contributed by atoms with Crippen molar-refractivity contribution in [2.24, 2.45) is 11.8 Å².